The minimum Gasteiger partial charge on any atom is -0.432 e. The van der Waals surface area contributed by atoms with Crippen LogP contribution in [0.25, 0.3) is 22.2 Å². The number of anilines is 1. The topological polar surface area (TPSA) is 76.7 Å². The molecule has 0 saturated carbocycles. The molecule has 6 heteroatoms. The number of nitrogens with zero attached hydrogens (tertiary/aromatic N) is 4. The first kappa shape index (κ1) is 18.0. The van der Waals surface area contributed by atoms with E-state index in [-0.39, 0.29) is 0 Å². The highest BCUT2D eigenvalue weighted by molar-refractivity contribution is 6.06. The Kier molecular flexibility index (Phi) is 4.62. The molecule has 0 spiro atoms. The van der Waals surface area contributed by atoms with E-state index in [1.807, 2.05) is 18.2 Å². The smallest absolute Gasteiger partial charge is 0.229 e. The molecule has 4 heterocycles. The van der Waals surface area contributed by atoms with Crippen LogP contribution in [0.15, 0.2) is 35.1 Å². The molecular weight excluding hydrogens is 362 g/mol. The molecule has 0 unspecified atom stereocenters. The molecule has 148 valence electrons. The third-order valence-corrected chi connectivity index (χ3v) is 5.57. The summed E-state index contributed by atoms with van der Waals surface area (Å²) in [7, 11) is 0. The van der Waals surface area contributed by atoms with Crippen LogP contribution in [0.5, 0.6) is 0 Å². The van der Waals surface area contributed by atoms with E-state index in [9.17, 15) is 0 Å². The van der Waals surface area contributed by atoms with E-state index in [4.69, 9.17) is 9.40 Å². The van der Waals surface area contributed by atoms with Crippen molar-refractivity contribution in [1.82, 2.24) is 19.9 Å². The summed E-state index contributed by atoms with van der Waals surface area (Å²) in [4.78, 5) is 18.3. The molecule has 5 rings (SSSR count). The van der Waals surface area contributed by atoms with E-state index in [0.29, 0.717) is 29.6 Å². The lowest BCUT2D eigenvalue weighted by Crippen LogP contribution is -2.11. The molecule has 0 aliphatic heterocycles. The number of aromatic nitrogens is 4. The Labute approximate surface area is 169 Å². The van der Waals surface area contributed by atoms with Gasteiger partial charge in [-0.2, -0.15) is 0 Å². The molecule has 0 amide bonds. The predicted octanol–water partition coefficient (Wildman–Crippen LogP) is 4.86. The van der Waals surface area contributed by atoms with Gasteiger partial charge in [0.2, 0.25) is 5.71 Å². The van der Waals surface area contributed by atoms with E-state index in [1.165, 1.54) is 29.7 Å². The first-order valence-corrected chi connectivity index (χ1v) is 10.4. The molecule has 0 saturated heterocycles. The van der Waals surface area contributed by atoms with Crippen molar-refractivity contribution in [2.75, 3.05) is 5.32 Å². The monoisotopic (exact) mass is 387 g/mol. The Morgan fingerprint density at radius 2 is 1.93 bits per heavy atom. The molecule has 1 N–H and O–H groups in total. The Morgan fingerprint density at radius 3 is 2.72 bits per heavy atom. The van der Waals surface area contributed by atoms with E-state index >= 15 is 0 Å². The molecule has 1 aliphatic carbocycles. The van der Waals surface area contributed by atoms with Crippen molar-refractivity contribution in [2.45, 2.75) is 52.5 Å². The number of nitrogens with one attached hydrogen (secondary N) is 1. The van der Waals surface area contributed by atoms with Gasteiger partial charge in [-0.05, 0) is 61.3 Å². The van der Waals surface area contributed by atoms with Gasteiger partial charge in [-0.3, -0.25) is 4.98 Å². The maximum atomic E-state index is 6.24. The fourth-order valence-electron chi connectivity index (χ4n) is 4.30. The second kappa shape index (κ2) is 7.43. The van der Waals surface area contributed by atoms with Gasteiger partial charge in [-0.25, -0.2) is 15.0 Å². The first-order chi connectivity index (χ1) is 14.2. The minimum atomic E-state index is 0.561. The van der Waals surface area contributed by atoms with Gasteiger partial charge in [0.15, 0.2) is 11.4 Å². The van der Waals surface area contributed by atoms with Crippen molar-refractivity contribution in [2.24, 2.45) is 5.92 Å². The summed E-state index contributed by atoms with van der Waals surface area (Å²) < 4.78 is 6.24. The van der Waals surface area contributed by atoms with Crippen LogP contribution >= 0.6 is 0 Å². The van der Waals surface area contributed by atoms with Crippen LogP contribution in [0.4, 0.5) is 5.82 Å². The Morgan fingerprint density at radius 1 is 1.07 bits per heavy atom. The molecule has 4 aromatic rings. The van der Waals surface area contributed by atoms with Gasteiger partial charge in [0.05, 0.1) is 17.6 Å². The van der Waals surface area contributed by atoms with Gasteiger partial charge >= 0.3 is 0 Å². The van der Waals surface area contributed by atoms with Gasteiger partial charge in [0.1, 0.15) is 11.8 Å². The van der Waals surface area contributed by atoms with Crippen LogP contribution < -0.4 is 5.32 Å². The van der Waals surface area contributed by atoms with Gasteiger partial charge in [-0.15, -0.1) is 0 Å². The molecule has 1 aliphatic rings. The van der Waals surface area contributed by atoms with Crippen molar-refractivity contribution in [3.63, 3.8) is 0 Å². The zero-order valence-electron chi connectivity index (χ0n) is 16.9. The summed E-state index contributed by atoms with van der Waals surface area (Å²) in [6.45, 7) is 5.06. The maximum absolute atomic E-state index is 6.24. The highest BCUT2D eigenvalue weighted by atomic mass is 16.3. The number of hydrogen-bond donors (Lipinski definition) is 1. The molecule has 29 heavy (non-hydrogen) atoms. The largest absolute Gasteiger partial charge is 0.432 e. The summed E-state index contributed by atoms with van der Waals surface area (Å²) in [5.74, 6) is 1.25. The van der Waals surface area contributed by atoms with Gasteiger partial charge in [0.25, 0.3) is 0 Å². The Bertz CT molecular complexity index is 1170. The lowest BCUT2D eigenvalue weighted by Gasteiger charge is -2.20. The third kappa shape index (κ3) is 3.33. The fraction of sp³-hybridized carbons (Fsp3) is 0.391. The summed E-state index contributed by atoms with van der Waals surface area (Å²) in [5.41, 5.74) is 7.17. The molecule has 0 fully saturated rings. The van der Waals surface area contributed by atoms with Crippen molar-refractivity contribution in [3.05, 3.63) is 53.2 Å². The maximum Gasteiger partial charge on any atom is 0.229 e. The average molecular weight is 387 g/mol. The number of rotatable bonds is 5. The lowest BCUT2D eigenvalue weighted by atomic mass is 9.87. The summed E-state index contributed by atoms with van der Waals surface area (Å²) in [6.07, 6.45) is 8.97. The minimum absolute atomic E-state index is 0.561. The zero-order chi connectivity index (χ0) is 19.8. The number of fused-ring (bicyclic) bond motifs is 5. The second-order valence-electron chi connectivity index (χ2n) is 8.18. The van der Waals surface area contributed by atoms with Crippen molar-refractivity contribution < 1.29 is 4.42 Å². The number of aryl methyl sites for hydroxylation is 1. The first-order valence-electron chi connectivity index (χ1n) is 10.4. The van der Waals surface area contributed by atoms with Crippen LogP contribution in [0, 0.1) is 5.92 Å². The molecular formula is C23H25N5O. The lowest BCUT2D eigenvalue weighted by molar-refractivity contribution is 0.601. The number of hydrogen-bond acceptors (Lipinski definition) is 6. The zero-order valence-corrected chi connectivity index (χ0v) is 16.9. The highest BCUT2D eigenvalue weighted by Crippen LogP contribution is 2.37. The van der Waals surface area contributed by atoms with Gasteiger partial charge in [0, 0.05) is 11.9 Å². The summed E-state index contributed by atoms with van der Waals surface area (Å²) in [6, 6.07) is 5.88. The molecule has 0 aromatic carbocycles. The number of pyridine rings is 2. The van der Waals surface area contributed by atoms with Crippen LogP contribution in [0.3, 0.4) is 0 Å². The van der Waals surface area contributed by atoms with Crippen molar-refractivity contribution >= 4 is 28.0 Å². The van der Waals surface area contributed by atoms with E-state index < -0.39 is 0 Å². The summed E-state index contributed by atoms with van der Waals surface area (Å²) in [5, 5.41) is 4.43. The third-order valence-electron chi connectivity index (χ3n) is 5.57. The standard InChI is InChI=1S/C23H25N5O/c1-14(2)11-18-16-8-3-4-9-17(16)19-20-21(29-23(19)28-18)22(27-13-26-20)25-12-15-7-5-6-10-24-15/h5-7,10,13-14H,3-4,8-9,11-12H2,1-2H3,(H,25,26,27). The normalized spacial score (nSPS) is 13.9. The number of furan rings is 1. The van der Waals surface area contributed by atoms with Crippen LogP contribution in [0.1, 0.15) is 49.2 Å². The Hall–Kier alpha value is -3.02. The van der Waals surface area contributed by atoms with Gasteiger partial charge in [-0.1, -0.05) is 19.9 Å². The Balaban J connectivity index is 1.63. The predicted molar refractivity (Wildman–Crippen MR) is 114 cm³/mol. The molecule has 0 atom stereocenters. The molecule has 0 bridgehead atoms. The second-order valence-corrected chi connectivity index (χ2v) is 8.18. The summed E-state index contributed by atoms with van der Waals surface area (Å²) >= 11 is 0. The quantitative estimate of drug-likeness (QED) is 0.527. The average Bonchev–Trinajstić information content (AvgIpc) is 3.12. The fourth-order valence-corrected chi connectivity index (χ4v) is 4.30. The van der Waals surface area contributed by atoms with Gasteiger partial charge < -0.3 is 9.73 Å². The van der Waals surface area contributed by atoms with Crippen molar-refractivity contribution in [1.29, 1.82) is 0 Å². The van der Waals surface area contributed by atoms with Crippen molar-refractivity contribution in [3.8, 4) is 0 Å². The van der Waals surface area contributed by atoms with Crippen LogP contribution in [-0.4, -0.2) is 19.9 Å². The van der Waals surface area contributed by atoms with Crippen LogP contribution in [0.2, 0.25) is 0 Å². The van der Waals surface area contributed by atoms with Crippen LogP contribution in [-0.2, 0) is 25.8 Å². The molecule has 4 aromatic heterocycles. The highest BCUT2D eigenvalue weighted by Gasteiger charge is 2.24. The van der Waals surface area contributed by atoms with E-state index in [0.717, 1.165) is 35.9 Å². The SMILES string of the molecule is CC(C)Cc1nc2oc3c(NCc4ccccn4)ncnc3c2c2c1CCCC2. The van der Waals surface area contributed by atoms with E-state index in [1.54, 1.807) is 12.5 Å². The molecule has 0 radical (unpaired) electrons. The van der Waals surface area contributed by atoms with E-state index in [2.05, 4.69) is 34.1 Å². The molecule has 6 nitrogen and oxygen atoms in total.